The van der Waals surface area contributed by atoms with Gasteiger partial charge in [0.2, 0.25) is 0 Å². The molecule has 15 heteroatoms. The van der Waals surface area contributed by atoms with Crippen LogP contribution in [-0.4, -0.2) is 28.2 Å². The van der Waals surface area contributed by atoms with Crippen LogP contribution < -0.4 is 104 Å². The molecule has 8 aromatic carbocycles. The van der Waals surface area contributed by atoms with E-state index < -0.39 is 48.1 Å². The molecule has 0 bridgehead atoms. The van der Waals surface area contributed by atoms with Crippen molar-refractivity contribution in [2.24, 2.45) is 0 Å². The number of rotatable bonds is 12. The van der Waals surface area contributed by atoms with E-state index in [1.54, 1.807) is 0 Å². The van der Waals surface area contributed by atoms with E-state index >= 15 is 0 Å². The van der Waals surface area contributed by atoms with E-state index in [9.17, 15) is 0 Å². The molecule has 0 amide bonds. The van der Waals surface area contributed by atoms with Gasteiger partial charge in [0.1, 0.15) is 0 Å². The van der Waals surface area contributed by atoms with E-state index in [0.717, 1.165) is 0 Å². The number of hydrogen-bond donors (Lipinski definition) is 0. The van der Waals surface area contributed by atoms with Gasteiger partial charge < -0.3 is 62.0 Å². The van der Waals surface area contributed by atoms with Crippen molar-refractivity contribution in [1.29, 1.82) is 0 Å². The maximum Gasteiger partial charge on any atom is 2.00 e. The molecule has 0 aromatic heterocycles. The molecule has 0 aliphatic rings. The quantitative estimate of drug-likeness (QED) is 0.0914. The molecule has 0 aliphatic carbocycles. The van der Waals surface area contributed by atoms with Gasteiger partial charge in [0.25, 0.3) is 0 Å². The second-order valence-electron chi connectivity index (χ2n) is 12.9. The first kappa shape index (κ1) is 67.0. The smallest absolute Gasteiger partial charge is 0.0622 e. The van der Waals surface area contributed by atoms with E-state index in [1.807, 2.05) is 0 Å². The molecule has 0 saturated heterocycles. The summed E-state index contributed by atoms with van der Waals surface area (Å²) in [6.45, 7) is 0. The van der Waals surface area contributed by atoms with Crippen molar-refractivity contribution >= 4 is 117 Å². The van der Waals surface area contributed by atoms with Crippen molar-refractivity contribution in [3.8, 4) is 0 Å². The first-order valence-electron chi connectivity index (χ1n) is 18.9. The Kier molecular flexibility index (Phi) is 39.8. The summed E-state index contributed by atoms with van der Waals surface area (Å²) >= 11 is -2.13. The molecule has 344 valence electrons. The average Bonchev–Trinajstić information content (AvgIpc) is 3.29. The van der Waals surface area contributed by atoms with Crippen molar-refractivity contribution in [1.82, 2.24) is 0 Å². The van der Waals surface area contributed by atoms with Crippen molar-refractivity contribution in [3.63, 3.8) is 0 Å². The average molecular weight is 1380 g/mol. The maximum atomic E-state index is 5.00. The van der Waals surface area contributed by atoms with Crippen LogP contribution in [0.5, 0.6) is 0 Å². The van der Waals surface area contributed by atoms with Crippen LogP contribution in [-0.2, 0) is 40.8 Å². The monoisotopic (exact) mass is 1380 g/mol. The largest absolute Gasteiger partial charge is 2.00 e. The maximum absolute atomic E-state index is 5.00. The van der Waals surface area contributed by atoms with E-state index in [1.165, 1.54) is 54.2 Å². The second kappa shape index (κ2) is 38.6. The summed E-state index contributed by atoms with van der Waals surface area (Å²) in [6.07, 6.45) is 0. The summed E-state index contributed by atoms with van der Waals surface area (Å²) in [4.78, 5) is 0. The number of hydrogen-bond acceptors (Lipinski definition) is 0. The molecule has 8 rings (SSSR count). The normalized spacial score (nSPS) is 9.58. The number of halogens is 8. The van der Waals surface area contributed by atoms with E-state index in [-0.39, 0.29) is 103 Å². The van der Waals surface area contributed by atoms with Gasteiger partial charge in [0, 0.05) is 11.8 Å². The minimum absolute atomic E-state index is 0. The van der Waals surface area contributed by atoms with Crippen LogP contribution in [0, 0.1) is 0 Å². The van der Waals surface area contributed by atoms with Gasteiger partial charge in [0.15, 0.2) is 0 Å². The van der Waals surface area contributed by atoms with Crippen molar-refractivity contribution in [3.05, 3.63) is 243 Å². The Morgan fingerprint density at radius 3 is 0.415 bits per heavy atom. The molecule has 0 unspecified atom stereocenters. The third-order valence-electron chi connectivity index (χ3n) is 9.11. The fourth-order valence-corrected chi connectivity index (χ4v) is 19.3. The summed E-state index contributed by atoms with van der Waals surface area (Å²) in [7, 11) is 13.4. The molecule has 0 spiro atoms. The van der Waals surface area contributed by atoms with Crippen LogP contribution in [0.15, 0.2) is 243 Å². The topological polar surface area (TPSA) is 0 Å². The fourth-order valence-electron chi connectivity index (χ4n) is 6.40. The van der Waals surface area contributed by atoms with Gasteiger partial charge in [-0.15, -0.1) is 0 Å². The fraction of sp³-hybridized carbons (Fsp3) is 0.0400. The van der Waals surface area contributed by atoms with Crippen LogP contribution >= 0.6 is 58.4 Å². The Balaban J connectivity index is 0. The van der Waals surface area contributed by atoms with E-state index in [4.69, 9.17) is 26.8 Å². The zero-order valence-corrected chi connectivity index (χ0v) is 50.0. The zero-order valence-electron chi connectivity index (χ0n) is 34.5. The molecule has 0 nitrogen and oxygen atoms in total. The van der Waals surface area contributed by atoms with E-state index in [2.05, 4.69) is 243 Å². The van der Waals surface area contributed by atoms with Gasteiger partial charge in [-0.25, -0.2) is 0 Å². The standard InChI is InChI=1S/2C25H22P2.8ClH.2Pd.Sn/c2*1-5-13-22(14-6-1)26(23-15-7-2-8-16-23)21-27(24-17-9-3-10-18-24)25-19-11-4-12-20-25;;;;;;;;;;;/h2*1-20H,21H2;8*1H;;;/q;;;;;;;;;;2*+2;+4/p-8. The minimum Gasteiger partial charge on any atom is -0.0622 e. The van der Waals surface area contributed by atoms with E-state index in [0.29, 0.717) is 0 Å². The van der Waals surface area contributed by atoms with Crippen molar-refractivity contribution in [2.45, 2.75) is 0 Å². The third kappa shape index (κ3) is 22.7. The SMILES string of the molecule is [Cl-].[Cl-].[Cl-].[Cl-].[Cl-].[Cl][Sn+]([Cl])[Cl].[Pd+2].[Pd+2].c1ccc(P(CP(c2ccccc2)c2ccccc2)c2ccccc2)cc1.c1ccc(P(CP(c2ccccc2)c2ccccc2)c2ccccc2)cc1. The molecule has 8 aromatic rings. The molecular weight excluding hydrogens is 1340 g/mol. The summed E-state index contributed by atoms with van der Waals surface area (Å²) < 4.78 is 0. The first-order valence-corrected chi connectivity index (χ1v) is 35.9. The van der Waals surface area contributed by atoms with Gasteiger partial charge in [-0.3, -0.25) is 0 Å². The predicted molar refractivity (Wildman–Crippen MR) is 269 cm³/mol. The van der Waals surface area contributed by atoms with Crippen LogP contribution in [0.25, 0.3) is 0 Å². The van der Waals surface area contributed by atoms with Crippen LogP contribution in [0.4, 0.5) is 0 Å². The van der Waals surface area contributed by atoms with Gasteiger partial charge in [-0.05, 0) is 74.1 Å². The summed E-state index contributed by atoms with van der Waals surface area (Å²) in [5, 5.41) is 11.7. The molecule has 0 N–H and O–H groups in total. The Hall–Kier alpha value is -0.0766. The summed E-state index contributed by atoms with van der Waals surface area (Å²) in [5.41, 5.74) is 0. The number of benzene rings is 8. The Bertz CT molecular complexity index is 1820. The Labute approximate surface area is 468 Å². The Morgan fingerprint density at radius 2 is 0.323 bits per heavy atom. The molecule has 0 fully saturated rings. The first-order chi connectivity index (χ1) is 28.6. The molecule has 0 heterocycles. The van der Waals surface area contributed by atoms with Crippen LogP contribution in [0.2, 0.25) is 0 Å². The molecule has 0 aliphatic heterocycles. The van der Waals surface area contributed by atoms with Gasteiger partial charge in [-0.1, -0.05) is 243 Å². The van der Waals surface area contributed by atoms with Gasteiger partial charge >= 0.3 is 84.0 Å². The molecule has 0 radical (unpaired) electrons. The third-order valence-corrected chi connectivity index (χ3v) is 21.0. The van der Waals surface area contributed by atoms with Crippen LogP contribution in [0.1, 0.15) is 0 Å². The second-order valence-corrected chi connectivity index (χ2v) is 35.4. The van der Waals surface area contributed by atoms with Crippen LogP contribution in [0.3, 0.4) is 0 Å². The zero-order chi connectivity index (χ0) is 40.2. The predicted octanol–water partition coefficient (Wildman–Crippen LogP) is -2.88. The molecular formula is C50H44Cl8P4Pd2Sn. The molecule has 0 atom stereocenters. The summed E-state index contributed by atoms with van der Waals surface area (Å²) in [6, 6.07) is 88.3. The Morgan fingerprint density at radius 1 is 0.231 bits per heavy atom. The van der Waals surface area contributed by atoms with Crippen molar-refractivity contribution < 1.29 is 103 Å². The molecule has 65 heavy (non-hydrogen) atoms. The van der Waals surface area contributed by atoms with Gasteiger partial charge in [0.05, 0.1) is 0 Å². The van der Waals surface area contributed by atoms with Gasteiger partial charge in [-0.2, -0.15) is 0 Å². The summed E-state index contributed by atoms with van der Waals surface area (Å²) in [5.74, 6) is 2.35. The minimum atomic E-state index is -2.13. The molecule has 0 saturated carbocycles. The van der Waals surface area contributed by atoms with Crippen molar-refractivity contribution in [2.75, 3.05) is 11.8 Å².